The Labute approximate surface area is 190 Å². The van der Waals surface area contributed by atoms with Crippen molar-refractivity contribution < 1.29 is 24.1 Å². The molecule has 0 aliphatic rings. The maximum atomic E-state index is 13.2. The van der Waals surface area contributed by atoms with E-state index in [4.69, 9.17) is 25.8 Å². The number of carbonyl (C=O) groups excluding carboxylic acids is 1. The molecule has 32 heavy (non-hydrogen) atoms. The number of esters is 1. The summed E-state index contributed by atoms with van der Waals surface area (Å²) in [5, 5.41) is 12.2. The van der Waals surface area contributed by atoms with Gasteiger partial charge in [-0.3, -0.25) is 0 Å². The van der Waals surface area contributed by atoms with Crippen molar-refractivity contribution in [3.05, 3.63) is 103 Å². The van der Waals surface area contributed by atoms with Gasteiger partial charge in [0.2, 0.25) is 6.10 Å². The van der Waals surface area contributed by atoms with Crippen LogP contribution in [0.4, 0.5) is 0 Å². The number of ether oxygens (including phenoxy) is 3. The van der Waals surface area contributed by atoms with Crippen LogP contribution in [0.3, 0.4) is 0 Å². The third kappa shape index (κ3) is 5.38. The molecule has 3 atom stereocenters. The molecule has 3 unspecified atom stereocenters. The minimum atomic E-state index is -1.53. The smallest absolute Gasteiger partial charge is 0.356 e. The summed E-state index contributed by atoms with van der Waals surface area (Å²) in [6, 6.07) is 30.6. The molecule has 0 radical (unpaired) electrons. The fourth-order valence-electron chi connectivity index (χ4n) is 3.22. The number of para-hydroxylation sites is 2. The van der Waals surface area contributed by atoms with E-state index in [1.54, 1.807) is 60.7 Å². The largest absolute Gasteiger partial charge is 0.482 e. The van der Waals surface area contributed by atoms with E-state index in [-0.39, 0.29) is 0 Å². The monoisotopic (exact) mass is 448 g/mol. The average Bonchev–Trinajstić information content (AvgIpc) is 2.82. The number of hydrogen-bond donors (Lipinski definition) is 1. The number of hydrogen-bond acceptors (Lipinski definition) is 5. The van der Waals surface area contributed by atoms with Crippen LogP contribution < -0.4 is 14.2 Å². The lowest BCUT2D eigenvalue weighted by molar-refractivity contribution is -0.148. The first-order chi connectivity index (χ1) is 15.6. The van der Waals surface area contributed by atoms with Gasteiger partial charge in [0.25, 0.3) is 0 Å². The van der Waals surface area contributed by atoms with Gasteiger partial charge in [0, 0.05) is 0 Å². The van der Waals surface area contributed by atoms with Crippen LogP contribution in [0, 0.1) is 0 Å². The summed E-state index contributed by atoms with van der Waals surface area (Å²) in [5.74, 6) is 0.437. The molecule has 4 aromatic rings. The van der Waals surface area contributed by atoms with Crippen LogP contribution in [-0.4, -0.2) is 28.8 Å². The first kappa shape index (κ1) is 21.7. The van der Waals surface area contributed by atoms with Crippen LogP contribution in [-0.2, 0) is 4.79 Å². The molecular formula is C26H21ClO5. The highest BCUT2D eigenvalue weighted by molar-refractivity contribution is 6.20. The number of benzene rings is 4. The lowest BCUT2D eigenvalue weighted by atomic mass is 10.1. The number of carbonyl (C=O) groups is 1. The average molecular weight is 449 g/mol. The molecule has 162 valence electrons. The zero-order valence-corrected chi connectivity index (χ0v) is 17.8. The van der Waals surface area contributed by atoms with Gasteiger partial charge in [-0.25, -0.2) is 4.79 Å². The van der Waals surface area contributed by atoms with Gasteiger partial charge < -0.3 is 19.3 Å². The summed E-state index contributed by atoms with van der Waals surface area (Å²) < 4.78 is 17.3. The van der Waals surface area contributed by atoms with Crippen LogP contribution in [0.1, 0.15) is 0 Å². The number of alkyl halides is 1. The molecule has 0 fully saturated rings. The molecule has 6 heteroatoms. The van der Waals surface area contributed by atoms with Crippen molar-refractivity contribution in [2.45, 2.75) is 17.8 Å². The van der Waals surface area contributed by atoms with Gasteiger partial charge in [0.05, 0.1) is 0 Å². The van der Waals surface area contributed by atoms with Crippen LogP contribution in [0.5, 0.6) is 17.2 Å². The summed E-state index contributed by atoms with van der Waals surface area (Å²) in [6.07, 6.45) is -2.57. The standard InChI is InChI=1S/C26H21ClO5/c27-25(28)23(30-20-11-3-1-4-12-20)24(31-21-13-5-2-6-14-21)26(29)32-22-16-15-18-9-7-8-10-19(18)17-22/h1-17,23-25,28H. The Bertz CT molecular complexity index is 1160. The maximum absolute atomic E-state index is 13.2. The van der Waals surface area contributed by atoms with E-state index in [2.05, 4.69) is 0 Å². The molecule has 0 saturated heterocycles. The molecule has 0 aromatic heterocycles. The fourth-order valence-corrected chi connectivity index (χ4v) is 3.40. The van der Waals surface area contributed by atoms with Gasteiger partial charge >= 0.3 is 5.97 Å². The third-order valence-corrected chi connectivity index (χ3v) is 5.01. The van der Waals surface area contributed by atoms with Gasteiger partial charge in [-0.15, -0.1) is 0 Å². The predicted octanol–water partition coefficient (Wildman–Crippen LogP) is 5.20. The van der Waals surface area contributed by atoms with Crippen LogP contribution in [0.25, 0.3) is 10.8 Å². The van der Waals surface area contributed by atoms with E-state index in [1.807, 2.05) is 42.5 Å². The second-order valence-electron chi connectivity index (χ2n) is 7.05. The summed E-state index contributed by atoms with van der Waals surface area (Å²) in [7, 11) is 0. The summed E-state index contributed by atoms with van der Waals surface area (Å²) in [4.78, 5) is 13.2. The second kappa shape index (κ2) is 10.2. The van der Waals surface area contributed by atoms with E-state index in [9.17, 15) is 9.90 Å². The molecule has 0 amide bonds. The molecule has 0 bridgehead atoms. The number of aliphatic hydroxyl groups is 1. The first-order valence-corrected chi connectivity index (χ1v) is 10.5. The van der Waals surface area contributed by atoms with Crippen molar-refractivity contribution in [1.82, 2.24) is 0 Å². The van der Waals surface area contributed by atoms with Gasteiger partial charge in [-0.05, 0) is 47.2 Å². The van der Waals surface area contributed by atoms with Crippen LogP contribution in [0.2, 0.25) is 0 Å². The van der Waals surface area contributed by atoms with Crippen molar-refractivity contribution in [1.29, 1.82) is 0 Å². The van der Waals surface area contributed by atoms with Crippen molar-refractivity contribution >= 4 is 28.3 Å². The van der Waals surface area contributed by atoms with Gasteiger partial charge in [-0.2, -0.15) is 0 Å². The molecule has 0 aliphatic carbocycles. The summed E-state index contributed by atoms with van der Waals surface area (Å²) in [6.45, 7) is 0. The first-order valence-electron chi connectivity index (χ1n) is 10.1. The lowest BCUT2D eigenvalue weighted by Crippen LogP contribution is -2.49. The second-order valence-corrected chi connectivity index (χ2v) is 7.50. The van der Waals surface area contributed by atoms with Gasteiger partial charge in [0.15, 0.2) is 11.7 Å². The molecule has 0 aliphatic heterocycles. The van der Waals surface area contributed by atoms with Crippen molar-refractivity contribution in [3.63, 3.8) is 0 Å². The summed E-state index contributed by atoms with van der Waals surface area (Å²) >= 11 is 6.02. The number of rotatable bonds is 8. The molecule has 1 N–H and O–H groups in total. The Morgan fingerprint density at radius 2 is 1.25 bits per heavy atom. The lowest BCUT2D eigenvalue weighted by Gasteiger charge is -2.28. The summed E-state index contributed by atoms with van der Waals surface area (Å²) in [5.41, 5.74) is -1.53. The van der Waals surface area contributed by atoms with Gasteiger partial charge in [0.1, 0.15) is 17.2 Å². The predicted molar refractivity (Wildman–Crippen MR) is 123 cm³/mol. The Balaban J connectivity index is 1.62. The highest BCUT2D eigenvalue weighted by Gasteiger charge is 2.39. The highest BCUT2D eigenvalue weighted by atomic mass is 35.5. The fraction of sp³-hybridized carbons (Fsp3) is 0.115. The SMILES string of the molecule is O=C(Oc1ccc2ccccc2c1)C(Oc1ccccc1)C(Oc1ccccc1)C(O)Cl. The normalized spacial score (nSPS) is 13.7. The van der Waals surface area contributed by atoms with Gasteiger partial charge in [-0.1, -0.05) is 78.3 Å². The Morgan fingerprint density at radius 1 is 0.688 bits per heavy atom. The minimum Gasteiger partial charge on any atom is -0.482 e. The Kier molecular flexibility index (Phi) is 6.90. The zero-order valence-electron chi connectivity index (χ0n) is 17.0. The number of halogens is 1. The number of fused-ring (bicyclic) bond motifs is 1. The van der Waals surface area contributed by atoms with E-state index >= 15 is 0 Å². The molecule has 0 spiro atoms. The Hall–Kier alpha value is -3.54. The van der Waals surface area contributed by atoms with E-state index in [0.29, 0.717) is 17.2 Å². The molecule has 4 aromatic carbocycles. The maximum Gasteiger partial charge on any atom is 0.356 e. The highest BCUT2D eigenvalue weighted by Crippen LogP contribution is 2.25. The molecule has 0 saturated carbocycles. The van der Waals surface area contributed by atoms with E-state index in [1.165, 1.54) is 0 Å². The van der Waals surface area contributed by atoms with Crippen LogP contribution in [0.15, 0.2) is 103 Å². The van der Waals surface area contributed by atoms with Crippen molar-refractivity contribution in [2.24, 2.45) is 0 Å². The topological polar surface area (TPSA) is 65.0 Å². The quantitative estimate of drug-likeness (QED) is 0.228. The molecule has 5 nitrogen and oxygen atoms in total. The molecule has 4 rings (SSSR count). The van der Waals surface area contributed by atoms with E-state index in [0.717, 1.165) is 10.8 Å². The van der Waals surface area contributed by atoms with E-state index < -0.39 is 23.7 Å². The number of aliphatic hydroxyl groups excluding tert-OH is 1. The molecular weight excluding hydrogens is 428 g/mol. The zero-order chi connectivity index (χ0) is 22.3. The third-order valence-electron chi connectivity index (χ3n) is 4.76. The van der Waals surface area contributed by atoms with Crippen molar-refractivity contribution in [3.8, 4) is 17.2 Å². The Morgan fingerprint density at radius 3 is 1.88 bits per heavy atom. The minimum absolute atomic E-state index is 0.345. The molecule has 0 heterocycles. The van der Waals surface area contributed by atoms with Crippen LogP contribution >= 0.6 is 11.6 Å². The van der Waals surface area contributed by atoms with Crippen molar-refractivity contribution in [2.75, 3.05) is 0 Å².